The molecule has 8 heteroatoms. The Balaban J connectivity index is 1.43. The second-order valence-electron chi connectivity index (χ2n) is 6.66. The van der Waals surface area contributed by atoms with E-state index in [1.807, 2.05) is 18.2 Å². The molecule has 7 nitrogen and oxygen atoms in total. The van der Waals surface area contributed by atoms with Crippen LogP contribution < -0.4 is 15.4 Å². The van der Waals surface area contributed by atoms with Gasteiger partial charge in [0, 0.05) is 41.7 Å². The number of aromatic amines is 1. The van der Waals surface area contributed by atoms with Gasteiger partial charge >= 0.3 is 12.1 Å². The van der Waals surface area contributed by atoms with Crippen molar-refractivity contribution < 1.29 is 9.53 Å². The number of H-pyrrole nitrogens is 1. The van der Waals surface area contributed by atoms with Gasteiger partial charge in [0.05, 0.1) is 11.0 Å². The standard InChI is InChI=1S/C20H23N5O2S/c1-2-24-9-11-25(12-10-24)14-3-5-15(6-4-14)28-16-7-8-17-18(13-16)23-20(22-17)27-19(21)26/h3-8,13H,2,9-12H2,1H3,(H2,21,26)(H,22,23). The number of primary amides is 1. The maximum absolute atomic E-state index is 10.9. The summed E-state index contributed by atoms with van der Waals surface area (Å²) in [6.45, 7) is 7.74. The molecule has 0 spiro atoms. The number of rotatable bonds is 5. The lowest BCUT2D eigenvalue weighted by Gasteiger charge is -2.35. The zero-order valence-corrected chi connectivity index (χ0v) is 16.5. The second-order valence-corrected chi connectivity index (χ2v) is 7.81. The summed E-state index contributed by atoms with van der Waals surface area (Å²) in [6.07, 6.45) is -0.884. The molecule has 0 atom stereocenters. The van der Waals surface area contributed by atoms with Gasteiger partial charge in [0.25, 0.3) is 0 Å². The molecule has 1 aliphatic rings. The van der Waals surface area contributed by atoms with E-state index in [1.54, 1.807) is 11.8 Å². The highest BCUT2D eigenvalue weighted by molar-refractivity contribution is 7.99. The molecule has 1 fully saturated rings. The molecule has 3 aromatic rings. The fourth-order valence-electron chi connectivity index (χ4n) is 3.35. The van der Waals surface area contributed by atoms with Gasteiger partial charge in [-0.25, -0.2) is 4.79 Å². The van der Waals surface area contributed by atoms with E-state index < -0.39 is 6.09 Å². The number of carbonyl (C=O) groups excluding carboxylic acids is 1. The Morgan fingerprint density at radius 1 is 1.14 bits per heavy atom. The van der Waals surface area contributed by atoms with Crippen molar-refractivity contribution in [1.29, 1.82) is 0 Å². The Morgan fingerprint density at radius 3 is 2.54 bits per heavy atom. The predicted octanol–water partition coefficient (Wildman–Crippen LogP) is 3.31. The van der Waals surface area contributed by atoms with Gasteiger partial charge in [-0.05, 0) is 49.0 Å². The third-order valence-corrected chi connectivity index (χ3v) is 5.88. The minimum Gasteiger partial charge on any atom is -0.376 e. The van der Waals surface area contributed by atoms with Crippen LogP contribution in [0, 0.1) is 0 Å². The van der Waals surface area contributed by atoms with Crippen LogP contribution >= 0.6 is 11.8 Å². The third kappa shape index (κ3) is 4.23. The molecule has 1 aromatic heterocycles. The van der Waals surface area contributed by atoms with Crippen LogP contribution in [-0.2, 0) is 0 Å². The van der Waals surface area contributed by atoms with Crippen molar-refractivity contribution in [3.63, 3.8) is 0 Å². The van der Waals surface area contributed by atoms with E-state index in [9.17, 15) is 4.79 Å². The fourth-order valence-corrected chi connectivity index (χ4v) is 4.20. The second kappa shape index (κ2) is 8.12. The zero-order valence-electron chi connectivity index (χ0n) is 15.7. The van der Waals surface area contributed by atoms with Crippen molar-refractivity contribution in [1.82, 2.24) is 14.9 Å². The number of hydrogen-bond acceptors (Lipinski definition) is 6. The number of benzene rings is 2. The van der Waals surface area contributed by atoms with E-state index in [2.05, 4.69) is 51.0 Å². The highest BCUT2D eigenvalue weighted by Crippen LogP contribution is 2.31. The highest BCUT2D eigenvalue weighted by atomic mass is 32.2. The number of ether oxygens (including phenoxy) is 1. The maximum atomic E-state index is 10.9. The number of aromatic nitrogens is 2. The average molecular weight is 398 g/mol. The van der Waals surface area contributed by atoms with Crippen molar-refractivity contribution >= 4 is 34.6 Å². The molecule has 28 heavy (non-hydrogen) atoms. The lowest BCUT2D eigenvalue weighted by molar-refractivity contribution is 0.207. The van der Waals surface area contributed by atoms with Crippen LogP contribution in [0.2, 0.25) is 0 Å². The SMILES string of the molecule is CCN1CCN(c2ccc(Sc3ccc4[nH]c(OC(N)=O)nc4c3)cc2)CC1. The fraction of sp³-hybridized carbons (Fsp3) is 0.300. The molecule has 1 aliphatic heterocycles. The van der Waals surface area contributed by atoms with Crippen LogP contribution in [0.3, 0.4) is 0 Å². The Kier molecular flexibility index (Phi) is 5.40. The van der Waals surface area contributed by atoms with Gasteiger partial charge in [-0.3, -0.25) is 0 Å². The van der Waals surface area contributed by atoms with Gasteiger partial charge in [-0.15, -0.1) is 0 Å². The lowest BCUT2D eigenvalue weighted by Crippen LogP contribution is -2.46. The molecule has 0 unspecified atom stereocenters. The number of amides is 1. The van der Waals surface area contributed by atoms with Crippen LogP contribution in [0.4, 0.5) is 10.5 Å². The molecule has 0 bridgehead atoms. The number of fused-ring (bicyclic) bond motifs is 1. The van der Waals surface area contributed by atoms with E-state index in [4.69, 9.17) is 10.5 Å². The summed E-state index contributed by atoms with van der Waals surface area (Å²) in [5, 5.41) is 0. The molecular weight excluding hydrogens is 374 g/mol. The van der Waals surface area contributed by atoms with E-state index in [1.165, 1.54) is 10.6 Å². The largest absolute Gasteiger partial charge is 0.412 e. The summed E-state index contributed by atoms with van der Waals surface area (Å²) in [7, 11) is 0. The molecule has 0 radical (unpaired) electrons. The Bertz CT molecular complexity index is 964. The monoisotopic (exact) mass is 397 g/mol. The normalized spacial score (nSPS) is 15.1. The molecule has 4 rings (SSSR count). The van der Waals surface area contributed by atoms with Crippen molar-refractivity contribution in [2.24, 2.45) is 5.73 Å². The van der Waals surface area contributed by atoms with Crippen LogP contribution in [0.15, 0.2) is 52.3 Å². The molecule has 3 N–H and O–H groups in total. The molecule has 2 aromatic carbocycles. The topological polar surface area (TPSA) is 87.5 Å². The van der Waals surface area contributed by atoms with Crippen LogP contribution in [-0.4, -0.2) is 53.7 Å². The summed E-state index contributed by atoms with van der Waals surface area (Å²) in [5.74, 6) is 0. The maximum Gasteiger partial charge on any atom is 0.412 e. The number of nitrogens with zero attached hydrogens (tertiary/aromatic N) is 3. The first-order valence-corrected chi connectivity index (χ1v) is 10.1. The van der Waals surface area contributed by atoms with E-state index in [0.717, 1.165) is 48.7 Å². The van der Waals surface area contributed by atoms with Crippen molar-refractivity contribution in [2.45, 2.75) is 16.7 Å². The predicted molar refractivity (Wildman–Crippen MR) is 111 cm³/mol. The number of hydrogen-bond donors (Lipinski definition) is 2. The summed E-state index contributed by atoms with van der Waals surface area (Å²) < 4.78 is 4.80. The number of anilines is 1. The van der Waals surface area contributed by atoms with Gasteiger partial charge < -0.3 is 25.3 Å². The molecule has 2 heterocycles. The van der Waals surface area contributed by atoms with Gasteiger partial charge in [-0.1, -0.05) is 18.7 Å². The van der Waals surface area contributed by atoms with E-state index >= 15 is 0 Å². The van der Waals surface area contributed by atoms with Crippen molar-refractivity contribution in [3.05, 3.63) is 42.5 Å². The van der Waals surface area contributed by atoms with Crippen LogP contribution in [0.25, 0.3) is 11.0 Å². The minimum absolute atomic E-state index is 0.108. The number of likely N-dealkylation sites (N-methyl/N-ethyl adjacent to an activating group) is 1. The summed E-state index contributed by atoms with van der Waals surface area (Å²) in [6, 6.07) is 14.7. The quantitative estimate of drug-likeness (QED) is 0.687. The Labute approximate surface area is 167 Å². The van der Waals surface area contributed by atoms with Gasteiger partial charge in [0.15, 0.2) is 0 Å². The van der Waals surface area contributed by atoms with Crippen LogP contribution in [0.1, 0.15) is 6.92 Å². The van der Waals surface area contributed by atoms with Crippen LogP contribution in [0.5, 0.6) is 6.01 Å². The average Bonchev–Trinajstić information content (AvgIpc) is 3.09. The van der Waals surface area contributed by atoms with Gasteiger partial charge in [-0.2, -0.15) is 4.98 Å². The molecule has 0 saturated carbocycles. The highest BCUT2D eigenvalue weighted by Gasteiger charge is 2.15. The number of nitrogens with two attached hydrogens (primary N) is 1. The van der Waals surface area contributed by atoms with E-state index in [-0.39, 0.29) is 6.01 Å². The lowest BCUT2D eigenvalue weighted by atomic mass is 10.2. The third-order valence-electron chi connectivity index (χ3n) is 4.89. The Morgan fingerprint density at radius 2 is 1.86 bits per heavy atom. The first-order chi connectivity index (χ1) is 13.6. The van der Waals surface area contributed by atoms with Gasteiger partial charge in [0.1, 0.15) is 0 Å². The summed E-state index contributed by atoms with van der Waals surface area (Å²) >= 11 is 1.67. The number of nitrogens with one attached hydrogen (secondary N) is 1. The van der Waals surface area contributed by atoms with Gasteiger partial charge in [0.2, 0.25) is 0 Å². The first kappa shape index (κ1) is 18.6. The number of carbonyl (C=O) groups is 1. The minimum atomic E-state index is -0.884. The zero-order chi connectivity index (χ0) is 19.5. The first-order valence-electron chi connectivity index (χ1n) is 9.33. The summed E-state index contributed by atoms with van der Waals surface area (Å²) in [5.41, 5.74) is 7.82. The molecule has 0 aliphatic carbocycles. The molecule has 146 valence electrons. The smallest absolute Gasteiger partial charge is 0.376 e. The van der Waals surface area contributed by atoms with Crippen molar-refractivity contribution in [3.8, 4) is 6.01 Å². The van der Waals surface area contributed by atoms with E-state index in [0.29, 0.717) is 0 Å². The van der Waals surface area contributed by atoms with Crippen molar-refractivity contribution in [2.75, 3.05) is 37.6 Å². The molecule has 1 amide bonds. The summed E-state index contributed by atoms with van der Waals surface area (Å²) in [4.78, 5) is 25.2. The number of piperazine rings is 1. The number of imidazole rings is 1. The molecule has 1 saturated heterocycles. The molecular formula is C20H23N5O2S. The Hall–Kier alpha value is -2.71.